The van der Waals surface area contributed by atoms with E-state index < -0.39 is 0 Å². The van der Waals surface area contributed by atoms with Crippen molar-refractivity contribution in [1.29, 1.82) is 0 Å². The number of nitrogens with two attached hydrogens (primary N) is 1. The van der Waals surface area contributed by atoms with E-state index in [-0.39, 0.29) is 0 Å². The second-order valence-corrected chi connectivity index (χ2v) is 3.84. The Bertz CT molecular complexity index is 141. The molecule has 12 heavy (non-hydrogen) atoms. The quantitative estimate of drug-likeness (QED) is 0.361. The molecule has 0 aromatic rings. The minimum atomic E-state index is 0.482. The van der Waals surface area contributed by atoms with Crippen LogP contribution in [0.4, 0.5) is 0 Å². The molecule has 70 valence electrons. The standard InChI is InChI=1S/C10H20N2/c1-3-4-5-10(12-11)8(2)9-6-7-9/h3,8-10,12H,1,4-7,11H2,2H3. The van der Waals surface area contributed by atoms with E-state index in [1.54, 1.807) is 0 Å². The molecule has 1 aliphatic carbocycles. The van der Waals surface area contributed by atoms with Gasteiger partial charge in [-0.15, -0.1) is 6.58 Å². The number of hydrogen-bond donors (Lipinski definition) is 2. The molecule has 3 N–H and O–H groups in total. The number of hydrazine groups is 1. The maximum atomic E-state index is 5.50. The van der Waals surface area contributed by atoms with E-state index >= 15 is 0 Å². The summed E-state index contributed by atoms with van der Waals surface area (Å²) in [5, 5.41) is 0. The molecule has 0 bridgehead atoms. The van der Waals surface area contributed by atoms with Gasteiger partial charge in [-0.3, -0.25) is 11.3 Å². The first-order chi connectivity index (χ1) is 5.79. The molecule has 1 aliphatic rings. The molecule has 0 saturated heterocycles. The van der Waals surface area contributed by atoms with Crippen LogP contribution in [0.3, 0.4) is 0 Å². The third-order valence-corrected chi connectivity index (χ3v) is 2.90. The lowest BCUT2D eigenvalue weighted by molar-refractivity contribution is 0.330. The molecule has 1 rings (SSSR count). The van der Waals surface area contributed by atoms with E-state index in [1.807, 2.05) is 6.08 Å². The summed E-state index contributed by atoms with van der Waals surface area (Å²) in [6.07, 6.45) is 6.94. The van der Waals surface area contributed by atoms with Crippen molar-refractivity contribution in [2.75, 3.05) is 0 Å². The number of rotatable bonds is 6. The molecule has 1 fully saturated rings. The molecule has 0 amide bonds. The van der Waals surface area contributed by atoms with Crippen LogP contribution in [0.5, 0.6) is 0 Å². The molecule has 0 heterocycles. The van der Waals surface area contributed by atoms with Crippen LogP contribution in [-0.4, -0.2) is 6.04 Å². The van der Waals surface area contributed by atoms with Gasteiger partial charge in [-0.05, 0) is 37.5 Å². The minimum Gasteiger partial charge on any atom is -0.271 e. The zero-order valence-corrected chi connectivity index (χ0v) is 7.92. The van der Waals surface area contributed by atoms with Crippen molar-refractivity contribution in [2.45, 2.75) is 38.6 Å². The highest BCUT2D eigenvalue weighted by Gasteiger charge is 2.32. The highest BCUT2D eigenvalue weighted by atomic mass is 15.2. The van der Waals surface area contributed by atoms with Gasteiger partial charge in [0.15, 0.2) is 0 Å². The normalized spacial score (nSPS) is 21.8. The lowest BCUT2D eigenvalue weighted by Gasteiger charge is -2.22. The maximum absolute atomic E-state index is 5.50. The van der Waals surface area contributed by atoms with E-state index in [1.165, 1.54) is 12.8 Å². The zero-order valence-electron chi connectivity index (χ0n) is 7.92. The fraction of sp³-hybridized carbons (Fsp3) is 0.800. The first kappa shape index (κ1) is 9.75. The molecule has 0 radical (unpaired) electrons. The van der Waals surface area contributed by atoms with E-state index in [9.17, 15) is 0 Å². The molecule has 2 heteroatoms. The predicted octanol–water partition coefficient (Wildman–Crippen LogP) is 1.83. The summed E-state index contributed by atoms with van der Waals surface area (Å²) in [6.45, 7) is 6.02. The molecule has 2 unspecified atom stereocenters. The van der Waals surface area contributed by atoms with E-state index in [4.69, 9.17) is 5.84 Å². The molecule has 2 atom stereocenters. The van der Waals surface area contributed by atoms with Crippen molar-refractivity contribution in [3.05, 3.63) is 12.7 Å². The van der Waals surface area contributed by atoms with Gasteiger partial charge in [0.25, 0.3) is 0 Å². The van der Waals surface area contributed by atoms with Crippen LogP contribution in [0.25, 0.3) is 0 Å². The van der Waals surface area contributed by atoms with Crippen molar-refractivity contribution in [1.82, 2.24) is 5.43 Å². The third kappa shape index (κ3) is 2.61. The fourth-order valence-electron chi connectivity index (χ4n) is 1.75. The largest absolute Gasteiger partial charge is 0.271 e. The summed E-state index contributed by atoms with van der Waals surface area (Å²) in [6, 6.07) is 0.482. The van der Waals surface area contributed by atoms with Gasteiger partial charge in [-0.25, -0.2) is 0 Å². The van der Waals surface area contributed by atoms with Crippen LogP contribution in [0.2, 0.25) is 0 Å². The van der Waals surface area contributed by atoms with Gasteiger partial charge in [0.2, 0.25) is 0 Å². The average Bonchev–Trinajstić information content (AvgIpc) is 2.88. The molecule has 0 aromatic heterocycles. The molecule has 2 nitrogen and oxygen atoms in total. The highest BCUT2D eigenvalue weighted by molar-refractivity contribution is 4.86. The summed E-state index contributed by atoms with van der Waals surface area (Å²) >= 11 is 0. The Hall–Kier alpha value is -0.340. The topological polar surface area (TPSA) is 38.0 Å². The van der Waals surface area contributed by atoms with Gasteiger partial charge in [0.1, 0.15) is 0 Å². The third-order valence-electron chi connectivity index (χ3n) is 2.90. The number of hydrogen-bond acceptors (Lipinski definition) is 2. The second kappa shape index (κ2) is 4.63. The molecule has 0 aromatic carbocycles. The summed E-state index contributed by atoms with van der Waals surface area (Å²) in [7, 11) is 0. The lowest BCUT2D eigenvalue weighted by Crippen LogP contribution is -2.40. The average molecular weight is 168 g/mol. The van der Waals surface area contributed by atoms with Gasteiger partial charge in [0, 0.05) is 6.04 Å². The summed E-state index contributed by atoms with van der Waals surface area (Å²) < 4.78 is 0. The summed E-state index contributed by atoms with van der Waals surface area (Å²) in [5.74, 6) is 7.15. The lowest BCUT2D eigenvalue weighted by atomic mass is 9.93. The van der Waals surface area contributed by atoms with Gasteiger partial charge in [-0.1, -0.05) is 13.0 Å². The summed E-state index contributed by atoms with van der Waals surface area (Å²) in [4.78, 5) is 0. The van der Waals surface area contributed by atoms with Crippen molar-refractivity contribution in [3.63, 3.8) is 0 Å². The van der Waals surface area contributed by atoms with Gasteiger partial charge in [-0.2, -0.15) is 0 Å². The van der Waals surface area contributed by atoms with Crippen LogP contribution in [0.15, 0.2) is 12.7 Å². The Kier molecular flexibility index (Phi) is 3.76. The smallest absolute Gasteiger partial charge is 0.0241 e. The SMILES string of the molecule is C=CCCC(NN)C(C)C1CC1. The van der Waals surface area contributed by atoms with E-state index in [2.05, 4.69) is 18.9 Å². The highest BCUT2D eigenvalue weighted by Crippen LogP contribution is 2.38. The Morgan fingerprint density at radius 1 is 1.67 bits per heavy atom. The number of allylic oxidation sites excluding steroid dienone is 1. The summed E-state index contributed by atoms with van der Waals surface area (Å²) in [5.41, 5.74) is 2.91. The first-order valence-corrected chi connectivity index (χ1v) is 4.86. The van der Waals surface area contributed by atoms with Crippen LogP contribution < -0.4 is 11.3 Å². The van der Waals surface area contributed by atoms with Crippen LogP contribution in [-0.2, 0) is 0 Å². The first-order valence-electron chi connectivity index (χ1n) is 4.86. The molecule has 1 saturated carbocycles. The van der Waals surface area contributed by atoms with E-state index in [0.717, 1.165) is 24.7 Å². The Labute approximate surface area is 75.2 Å². The number of nitrogens with one attached hydrogen (secondary N) is 1. The van der Waals surface area contributed by atoms with Crippen molar-refractivity contribution < 1.29 is 0 Å². The fourth-order valence-corrected chi connectivity index (χ4v) is 1.75. The molecular weight excluding hydrogens is 148 g/mol. The van der Waals surface area contributed by atoms with Crippen molar-refractivity contribution >= 4 is 0 Å². The Morgan fingerprint density at radius 3 is 2.75 bits per heavy atom. The van der Waals surface area contributed by atoms with Crippen LogP contribution >= 0.6 is 0 Å². The van der Waals surface area contributed by atoms with Gasteiger partial charge in [0.05, 0.1) is 0 Å². The van der Waals surface area contributed by atoms with Crippen LogP contribution in [0, 0.1) is 11.8 Å². The van der Waals surface area contributed by atoms with Crippen molar-refractivity contribution in [3.8, 4) is 0 Å². The zero-order chi connectivity index (χ0) is 8.97. The molecule has 0 aliphatic heterocycles. The predicted molar refractivity (Wildman–Crippen MR) is 52.4 cm³/mol. The van der Waals surface area contributed by atoms with Gasteiger partial charge >= 0.3 is 0 Å². The molecule has 0 spiro atoms. The van der Waals surface area contributed by atoms with Crippen LogP contribution in [0.1, 0.15) is 32.6 Å². The van der Waals surface area contributed by atoms with E-state index in [0.29, 0.717) is 6.04 Å². The Morgan fingerprint density at radius 2 is 2.33 bits per heavy atom. The second-order valence-electron chi connectivity index (χ2n) is 3.84. The van der Waals surface area contributed by atoms with Crippen molar-refractivity contribution in [2.24, 2.45) is 17.7 Å². The van der Waals surface area contributed by atoms with Gasteiger partial charge < -0.3 is 0 Å². The molecular formula is C10H20N2. The maximum Gasteiger partial charge on any atom is 0.0241 e. The minimum absolute atomic E-state index is 0.482. The monoisotopic (exact) mass is 168 g/mol. The Balaban J connectivity index is 2.26.